The molecule has 24 heavy (non-hydrogen) atoms. The van der Waals surface area contributed by atoms with Crippen molar-refractivity contribution in [2.45, 2.75) is 31.1 Å². The lowest BCUT2D eigenvalue weighted by molar-refractivity contribution is 0.0130. The fourth-order valence-corrected chi connectivity index (χ4v) is 2.79. The second-order valence-electron chi connectivity index (χ2n) is 5.56. The minimum atomic E-state index is -3.32. The first-order valence-electron chi connectivity index (χ1n) is 7.08. The largest absolute Gasteiger partial charge is 0.303 e. The first-order valence-corrected chi connectivity index (χ1v) is 9.35. The van der Waals surface area contributed by atoms with Crippen LogP contribution in [0, 0.1) is 0 Å². The molecule has 130 valence electrons. The van der Waals surface area contributed by atoms with Gasteiger partial charge in [-0.3, -0.25) is 0 Å². The van der Waals surface area contributed by atoms with E-state index < -0.39 is 15.8 Å². The van der Waals surface area contributed by atoms with E-state index in [0.29, 0.717) is 16.5 Å². The summed E-state index contributed by atoms with van der Waals surface area (Å²) >= 11 is 5.80. The van der Waals surface area contributed by atoms with Gasteiger partial charge in [-0.25, -0.2) is 13.4 Å². The molecule has 8 heteroatoms. The number of alkyl halides is 2. The van der Waals surface area contributed by atoms with Gasteiger partial charge in [0, 0.05) is 36.5 Å². The Morgan fingerprint density at radius 2 is 1.92 bits per heavy atom. The van der Waals surface area contributed by atoms with E-state index in [0.717, 1.165) is 13.2 Å². The van der Waals surface area contributed by atoms with Gasteiger partial charge >= 0.3 is 0 Å². The molecule has 0 fully saturated rings. The smallest absolute Gasteiger partial charge is 0.288 e. The summed E-state index contributed by atoms with van der Waals surface area (Å²) < 4.78 is 51.7. The molecular weight excluding hydrogens is 358 g/mol. The van der Waals surface area contributed by atoms with Crippen molar-refractivity contribution in [1.82, 2.24) is 9.55 Å². The maximum absolute atomic E-state index is 13.6. The normalized spacial score (nSPS) is 13.3. The zero-order valence-electron chi connectivity index (χ0n) is 13.4. The van der Waals surface area contributed by atoms with E-state index in [2.05, 4.69) is 4.98 Å². The summed E-state index contributed by atoms with van der Waals surface area (Å²) in [4.78, 5) is 4.15. The molecule has 0 N–H and O–H groups in total. The summed E-state index contributed by atoms with van der Waals surface area (Å²) in [6.07, 6.45) is 4.30. The molecular formula is C16H17ClF2N2O2S. The minimum absolute atomic E-state index is 0.158. The summed E-state index contributed by atoms with van der Waals surface area (Å²) in [5.74, 6) is -2.69. The Hall–Kier alpha value is -1.73. The van der Waals surface area contributed by atoms with Gasteiger partial charge in [0.05, 0.1) is 4.90 Å². The quantitative estimate of drug-likeness (QED) is 0.792. The van der Waals surface area contributed by atoms with E-state index in [-0.39, 0.29) is 17.0 Å². The van der Waals surface area contributed by atoms with Gasteiger partial charge in [-0.1, -0.05) is 17.7 Å². The fourth-order valence-electron chi connectivity index (χ4n) is 2.08. The number of imidazole rings is 1. The Kier molecular flexibility index (Phi) is 5.15. The van der Waals surface area contributed by atoms with E-state index in [9.17, 15) is 17.2 Å². The second kappa shape index (κ2) is 6.64. The Morgan fingerprint density at radius 1 is 1.33 bits per heavy atom. The zero-order chi connectivity index (χ0) is 18.1. The van der Waals surface area contributed by atoms with Crippen molar-refractivity contribution in [3.8, 4) is 5.69 Å². The molecule has 0 spiro atoms. The molecule has 0 amide bonds. The molecule has 2 aromatic rings. The molecule has 0 unspecified atom stereocenters. The molecule has 0 aliphatic carbocycles. The van der Waals surface area contributed by atoms with Crippen LogP contribution in [0.2, 0.25) is 0 Å². The molecule has 0 radical (unpaired) electrons. The van der Waals surface area contributed by atoms with Crippen molar-refractivity contribution in [1.29, 1.82) is 0 Å². The van der Waals surface area contributed by atoms with Crippen LogP contribution in [0.15, 0.2) is 46.5 Å². The van der Waals surface area contributed by atoms with Crippen LogP contribution in [0.25, 0.3) is 5.69 Å². The first-order chi connectivity index (χ1) is 11.0. The van der Waals surface area contributed by atoms with Crippen LogP contribution >= 0.6 is 11.6 Å². The summed E-state index contributed by atoms with van der Waals surface area (Å²) in [6.45, 7) is 2.46. The van der Waals surface area contributed by atoms with Gasteiger partial charge in [0.1, 0.15) is 11.5 Å². The third-order valence-electron chi connectivity index (χ3n) is 3.34. The molecule has 0 aliphatic heterocycles. The van der Waals surface area contributed by atoms with Crippen LogP contribution < -0.4 is 0 Å². The van der Waals surface area contributed by atoms with Gasteiger partial charge in [-0.2, -0.15) is 8.78 Å². The fraction of sp³-hybridized carbons (Fsp3) is 0.312. The highest BCUT2D eigenvalue weighted by Crippen LogP contribution is 2.28. The van der Waals surface area contributed by atoms with Crippen LogP contribution in [0.1, 0.15) is 25.4 Å². The lowest BCUT2D eigenvalue weighted by Gasteiger charge is -2.07. The van der Waals surface area contributed by atoms with Gasteiger partial charge in [-0.15, -0.1) is 0 Å². The first kappa shape index (κ1) is 18.6. The number of sulfone groups is 1. The molecule has 1 aromatic carbocycles. The van der Waals surface area contributed by atoms with Crippen LogP contribution in [0.3, 0.4) is 0 Å². The number of nitrogens with zero attached hydrogens (tertiary/aromatic N) is 2. The van der Waals surface area contributed by atoms with Crippen LogP contribution in [0.5, 0.6) is 0 Å². The number of rotatable bonds is 5. The van der Waals surface area contributed by atoms with Crippen molar-refractivity contribution in [2.24, 2.45) is 0 Å². The van der Waals surface area contributed by atoms with Gasteiger partial charge < -0.3 is 4.57 Å². The SMILES string of the molecule is C/C(Cl)=C\Cc1nc(C(C)(F)F)cn1-c1ccc(S(C)(=O)=O)cc1. The highest BCUT2D eigenvalue weighted by molar-refractivity contribution is 7.90. The molecule has 0 aliphatic rings. The topological polar surface area (TPSA) is 52.0 Å². The van der Waals surface area contributed by atoms with E-state index in [1.165, 1.54) is 22.9 Å². The average molecular weight is 375 g/mol. The van der Waals surface area contributed by atoms with Gasteiger partial charge in [0.25, 0.3) is 5.92 Å². The van der Waals surface area contributed by atoms with Crippen molar-refractivity contribution < 1.29 is 17.2 Å². The van der Waals surface area contributed by atoms with Crippen LogP contribution in [0.4, 0.5) is 8.78 Å². The van der Waals surface area contributed by atoms with Crippen LogP contribution in [-0.2, 0) is 22.2 Å². The Balaban J connectivity index is 2.51. The van der Waals surface area contributed by atoms with Crippen molar-refractivity contribution >= 4 is 21.4 Å². The third kappa shape index (κ3) is 4.42. The molecule has 2 rings (SSSR count). The maximum atomic E-state index is 13.6. The van der Waals surface area contributed by atoms with E-state index >= 15 is 0 Å². The molecule has 1 aromatic heterocycles. The maximum Gasteiger partial charge on any atom is 0.288 e. The highest BCUT2D eigenvalue weighted by Gasteiger charge is 2.29. The highest BCUT2D eigenvalue weighted by atomic mass is 35.5. The Morgan fingerprint density at radius 3 is 2.38 bits per heavy atom. The number of halogens is 3. The number of hydrogen-bond acceptors (Lipinski definition) is 3. The summed E-state index contributed by atoms with van der Waals surface area (Å²) in [5.41, 5.74) is 0.186. The van der Waals surface area contributed by atoms with Crippen molar-refractivity contribution in [3.05, 3.63) is 53.1 Å². The molecule has 1 heterocycles. The van der Waals surface area contributed by atoms with E-state index in [1.54, 1.807) is 25.1 Å². The van der Waals surface area contributed by atoms with Gasteiger partial charge in [-0.05, 0) is 31.2 Å². The Labute approximate surface area is 144 Å². The van der Waals surface area contributed by atoms with Crippen LogP contribution in [-0.4, -0.2) is 24.2 Å². The van der Waals surface area contributed by atoms with E-state index in [1.807, 2.05) is 0 Å². The lowest BCUT2D eigenvalue weighted by atomic mass is 10.3. The van der Waals surface area contributed by atoms with E-state index in [4.69, 9.17) is 11.6 Å². The standard InChI is InChI=1S/C16H17ClF2N2O2S/c1-11(17)4-9-15-20-14(16(2,18)19)10-21(15)12-5-7-13(8-6-12)24(3,22)23/h4-8,10H,9H2,1-3H3/b11-4+. The summed E-state index contributed by atoms with van der Waals surface area (Å²) in [6, 6.07) is 5.97. The third-order valence-corrected chi connectivity index (χ3v) is 4.62. The molecule has 4 nitrogen and oxygen atoms in total. The second-order valence-corrected chi connectivity index (χ2v) is 8.17. The minimum Gasteiger partial charge on any atom is -0.303 e. The molecule has 0 saturated heterocycles. The predicted molar refractivity (Wildman–Crippen MR) is 89.6 cm³/mol. The summed E-state index contributed by atoms with van der Waals surface area (Å²) in [7, 11) is -3.32. The monoisotopic (exact) mass is 374 g/mol. The van der Waals surface area contributed by atoms with Crippen molar-refractivity contribution in [3.63, 3.8) is 0 Å². The van der Waals surface area contributed by atoms with Gasteiger partial charge in [0.15, 0.2) is 9.84 Å². The number of aromatic nitrogens is 2. The zero-order valence-corrected chi connectivity index (χ0v) is 15.0. The number of hydrogen-bond donors (Lipinski definition) is 0. The Bertz CT molecular complexity index is 862. The lowest BCUT2D eigenvalue weighted by Crippen LogP contribution is -2.07. The number of benzene rings is 1. The molecule has 0 saturated carbocycles. The van der Waals surface area contributed by atoms with Gasteiger partial charge in [0.2, 0.25) is 0 Å². The molecule has 0 bridgehead atoms. The molecule has 0 atom stereocenters. The average Bonchev–Trinajstić information content (AvgIpc) is 2.88. The predicted octanol–water partition coefficient (Wildman–Crippen LogP) is 4.07. The van der Waals surface area contributed by atoms with Crippen molar-refractivity contribution in [2.75, 3.05) is 6.26 Å². The summed E-state index contributed by atoms with van der Waals surface area (Å²) in [5, 5.41) is 0.529. The number of allylic oxidation sites excluding steroid dienone is 2.